The summed E-state index contributed by atoms with van der Waals surface area (Å²) in [7, 11) is 1.58. The Morgan fingerprint density at radius 2 is 1.89 bits per heavy atom. The number of nitrogens with two attached hydrogens (primary N) is 1. The largest absolute Gasteiger partial charge is 0.496 e. The smallest absolute Gasteiger partial charge is 0.318 e. The number of nitrogens with zero attached hydrogens (tertiary/aromatic N) is 3. The maximum absolute atomic E-state index is 14.1. The molecule has 4 N–H and O–H groups in total. The third-order valence-corrected chi connectivity index (χ3v) is 9.19. The molecule has 2 aromatic carbocycles. The number of primary amides is 1. The van der Waals surface area contributed by atoms with Gasteiger partial charge in [0.25, 0.3) is 11.8 Å². The van der Waals surface area contributed by atoms with Crippen LogP contribution in [0.5, 0.6) is 11.6 Å². The second-order valence-corrected chi connectivity index (χ2v) is 12.1. The van der Waals surface area contributed by atoms with E-state index in [4.69, 9.17) is 25.2 Å². The van der Waals surface area contributed by atoms with E-state index in [0.717, 1.165) is 41.7 Å². The Labute approximate surface area is 266 Å². The van der Waals surface area contributed by atoms with Crippen molar-refractivity contribution in [2.45, 2.75) is 62.6 Å². The van der Waals surface area contributed by atoms with Crippen molar-refractivity contribution in [1.29, 1.82) is 0 Å². The van der Waals surface area contributed by atoms with E-state index in [1.165, 1.54) is 0 Å². The molecule has 3 heterocycles. The van der Waals surface area contributed by atoms with E-state index in [1.54, 1.807) is 19.2 Å². The fourth-order valence-corrected chi connectivity index (χ4v) is 6.46. The highest BCUT2D eigenvalue weighted by atomic mass is 16.5. The summed E-state index contributed by atoms with van der Waals surface area (Å²) in [6.07, 6.45) is 8.43. The monoisotopic (exact) mass is 625 g/mol. The molecule has 2 aliphatic heterocycles. The number of aryl methyl sites for hydroxylation is 1. The topological polar surface area (TPSA) is 166 Å². The number of carbonyl (C=O) groups is 3. The van der Waals surface area contributed by atoms with Crippen LogP contribution in [0.1, 0.15) is 44.1 Å². The molecule has 4 amide bonds. The average molecular weight is 626 g/mol. The number of rotatable bonds is 6. The van der Waals surface area contributed by atoms with Crippen LogP contribution in [0.2, 0.25) is 0 Å². The van der Waals surface area contributed by atoms with Crippen molar-refractivity contribution in [2.24, 2.45) is 11.7 Å². The minimum Gasteiger partial charge on any atom is -0.496 e. The number of aromatic nitrogens is 2. The minimum absolute atomic E-state index is 0.134. The van der Waals surface area contributed by atoms with Gasteiger partial charge < -0.3 is 25.8 Å². The number of urea groups is 1. The summed E-state index contributed by atoms with van der Waals surface area (Å²) in [5, 5.41) is 6.17. The summed E-state index contributed by atoms with van der Waals surface area (Å²) in [5.41, 5.74) is 4.69. The highest BCUT2D eigenvalue weighted by molar-refractivity contribution is 6.13. The Morgan fingerprint density at radius 1 is 1.09 bits per heavy atom. The number of allylic oxidation sites excluding steroid dienone is 1. The molecule has 1 saturated carbocycles. The summed E-state index contributed by atoms with van der Waals surface area (Å²) >= 11 is 0. The van der Waals surface area contributed by atoms with Gasteiger partial charge in [0.15, 0.2) is 5.82 Å². The summed E-state index contributed by atoms with van der Waals surface area (Å²) in [6, 6.07) is 12.4. The Bertz CT molecular complexity index is 1710. The molecule has 239 valence electrons. The van der Waals surface area contributed by atoms with Gasteiger partial charge in [0, 0.05) is 30.0 Å². The first-order valence-corrected chi connectivity index (χ1v) is 15.5. The van der Waals surface area contributed by atoms with Crippen molar-refractivity contribution in [3.8, 4) is 23.0 Å². The minimum atomic E-state index is -2.13. The van der Waals surface area contributed by atoms with Crippen LogP contribution in [-0.2, 0) is 14.4 Å². The van der Waals surface area contributed by atoms with Gasteiger partial charge in [-0.25, -0.2) is 9.78 Å². The van der Waals surface area contributed by atoms with Gasteiger partial charge in [-0.3, -0.25) is 19.3 Å². The Hall–Kier alpha value is -5.00. The van der Waals surface area contributed by atoms with Crippen LogP contribution in [0.3, 0.4) is 0 Å². The Balaban J connectivity index is 1.40. The van der Waals surface area contributed by atoms with Gasteiger partial charge in [0.05, 0.1) is 24.6 Å². The molecule has 4 atom stereocenters. The van der Waals surface area contributed by atoms with Gasteiger partial charge >= 0.3 is 6.03 Å². The van der Waals surface area contributed by atoms with Gasteiger partial charge in [-0.15, -0.1) is 0 Å². The number of hydrogen-bond donors (Lipinski definition) is 3. The lowest BCUT2D eigenvalue weighted by Gasteiger charge is -2.34. The number of methoxy groups -OCH3 is 1. The van der Waals surface area contributed by atoms with E-state index in [-0.39, 0.29) is 24.8 Å². The molecule has 12 heteroatoms. The molecule has 46 heavy (non-hydrogen) atoms. The maximum Gasteiger partial charge on any atom is 0.318 e. The summed E-state index contributed by atoms with van der Waals surface area (Å²) in [4.78, 5) is 63.8. The number of amides is 4. The average Bonchev–Trinajstić information content (AvgIpc) is 3.59. The second-order valence-electron chi connectivity index (χ2n) is 12.1. The zero-order valence-corrected chi connectivity index (χ0v) is 25.9. The molecule has 1 aliphatic carbocycles. The van der Waals surface area contributed by atoms with Crippen LogP contribution >= 0.6 is 0 Å². The molecule has 1 radical (unpaired) electrons. The molecular formula is C34H37N6O6. The van der Waals surface area contributed by atoms with Crippen LogP contribution in [0.25, 0.3) is 22.3 Å². The summed E-state index contributed by atoms with van der Waals surface area (Å²) in [6.45, 7) is 2.11. The third kappa shape index (κ3) is 5.52. The highest BCUT2D eigenvalue weighted by Crippen LogP contribution is 2.45. The fourth-order valence-electron chi connectivity index (χ4n) is 6.46. The lowest BCUT2D eigenvalue weighted by Crippen LogP contribution is -2.67. The van der Waals surface area contributed by atoms with E-state index in [2.05, 4.69) is 10.6 Å². The lowest BCUT2D eigenvalue weighted by molar-refractivity contribution is -0.141. The van der Waals surface area contributed by atoms with Crippen LogP contribution in [0.15, 0.2) is 54.6 Å². The Kier molecular flexibility index (Phi) is 8.37. The van der Waals surface area contributed by atoms with Crippen LogP contribution in [-0.4, -0.2) is 76.4 Å². The summed E-state index contributed by atoms with van der Waals surface area (Å²) < 4.78 is 12.0. The number of carbonyl (C=O) groups excluding carboxylic acids is 4. The zero-order valence-electron chi connectivity index (χ0n) is 25.9. The number of benzene rings is 2. The van der Waals surface area contributed by atoms with E-state index in [0.29, 0.717) is 35.4 Å². The molecule has 3 aliphatic rings. The molecule has 1 aromatic heterocycles. The molecule has 3 aromatic rings. The van der Waals surface area contributed by atoms with Gasteiger partial charge in [-0.05, 0) is 44.7 Å². The fraction of sp³-hybridized carbons (Fsp3) is 0.412. The van der Waals surface area contributed by atoms with Crippen molar-refractivity contribution in [1.82, 2.24) is 25.5 Å². The number of ether oxygens (including phenoxy) is 2. The van der Waals surface area contributed by atoms with Gasteiger partial charge in [-0.1, -0.05) is 48.9 Å². The number of nitrogens with one attached hydrogen (secondary N) is 2. The first kappa shape index (κ1) is 31.0. The predicted molar refractivity (Wildman–Crippen MR) is 170 cm³/mol. The van der Waals surface area contributed by atoms with Gasteiger partial charge in [0.2, 0.25) is 17.7 Å². The maximum atomic E-state index is 14.1. The van der Waals surface area contributed by atoms with Crippen molar-refractivity contribution in [2.75, 3.05) is 20.2 Å². The van der Waals surface area contributed by atoms with Crippen molar-refractivity contribution < 1.29 is 28.7 Å². The highest BCUT2D eigenvalue weighted by Gasteiger charge is 2.63. The molecule has 6 rings (SSSR count). The predicted octanol–water partition coefficient (Wildman–Crippen LogP) is 3.12. The normalized spacial score (nSPS) is 27.2. The molecule has 4 unspecified atom stereocenters. The number of fused-ring (bicyclic) bond motifs is 3. The first-order chi connectivity index (χ1) is 22.2. The van der Waals surface area contributed by atoms with E-state index >= 15 is 0 Å². The molecule has 0 bridgehead atoms. The standard InChI is InChI=1S/C34H37N6O6/c1-21-26(45-2)15-14-25-27(21)37-28(22-11-7-6-8-12-22)38-29(25)46-24-18-34(30(35)42)31(43)39-33(20-41)17-23(33)13-9-4-3-5-10-16-36-32(44)40(34)19-24/h6-9,11-15,23-24H,3-5,10,16-19H2,1-2H3,(H2,35,42)(H,36,44)(H,39,43)/b13-9+. The van der Waals surface area contributed by atoms with Crippen molar-refractivity contribution >= 4 is 35.0 Å². The molecule has 2 fully saturated rings. The van der Waals surface area contributed by atoms with Crippen LogP contribution in [0, 0.1) is 12.8 Å². The lowest BCUT2D eigenvalue weighted by atomic mass is 9.92. The van der Waals surface area contributed by atoms with Crippen molar-refractivity contribution in [3.05, 3.63) is 60.2 Å². The number of hydrogen-bond acceptors (Lipinski definition) is 8. The van der Waals surface area contributed by atoms with Crippen LogP contribution < -0.4 is 25.8 Å². The van der Waals surface area contributed by atoms with E-state index < -0.39 is 35.0 Å². The molecule has 12 nitrogen and oxygen atoms in total. The Morgan fingerprint density at radius 3 is 2.63 bits per heavy atom. The second kappa shape index (κ2) is 12.4. The molecule has 1 saturated heterocycles. The van der Waals surface area contributed by atoms with Crippen molar-refractivity contribution in [3.63, 3.8) is 0 Å². The SMILES string of the molecule is COc1ccc2c(OC3CN4C(=O)NCCCCC/C=C/C5CC5([C]=O)NC(=O)C4(C(N)=O)C3)nc(-c3ccccc3)nc2c1C. The summed E-state index contributed by atoms with van der Waals surface area (Å²) in [5.74, 6) is -0.866. The third-order valence-electron chi connectivity index (χ3n) is 9.19. The quantitative estimate of drug-likeness (QED) is 0.278. The first-order valence-electron chi connectivity index (χ1n) is 15.5. The van der Waals surface area contributed by atoms with Crippen LogP contribution in [0.4, 0.5) is 4.79 Å². The molecular weight excluding hydrogens is 588 g/mol. The molecule has 0 spiro atoms. The van der Waals surface area contributed by atoms with E-state index in [1.807, 2.05) is 55.7 Å². The zero-order chi connectivity index (χ0) is 32.5. The van der Waals surface area contributed by atoms with Gasteiger partial charge in [-0.2, -0.15) is 4.98 Å². The van der Waals surface area contributed by atoms with E-state index in [9.17, 15) is 19.2 Å². The van der Waals surface area contributed by atoms with Gasteiger partial charge in [0.1, 0.15) is 17.4 Å².